The van der Waals surface area contributed by atoms with Gasteiger partial charge in [-0.05, 0) is 39.3 Å². The SMILES string of the molecule is Cc1ccc(NC(=O)Cc2nnc(S[C@@H](C)C(=O)Nc3nc(C)cs3)n2C)c(C)c1. The Morgan fingerprint density at radius 1 is 1.20 bits per heavy atom. The Labute approximate surface area is 183 Å². The van der Waals surface area contributed by atoms with Crippen LogP contribution in [0.4, 0.5) is 10.8 Å². The van der Waals surface area contributed by atoms with Crippen molar-refractivity contribution in [2.45, 2.75) is 44.5 Å². The highest BCUT2D eigenvalue weighted by atomic mass is 32.2. The number of benzene rings is 1. The summed E-state index contributed by atoms with van der Waals surface area (Å²) in [6.45, 7) is 7.64. The van der Waals surface area contributed by atoms with Crippen molar-refractivity contribution >= 4 is 45.7 Å². The van der Waals surface area contributed by atoms with Gasteiger partial charge < -0.3 is 15.2 Å². The number of anilines is 2. The summed E-state index contributed by atoms with van der Waals surface area (Å²) in [5.41, 5.74) is 3.80. The molecule has 0 aliphatic heterocycles. The summed E-state index contributed by atoms with van der Waals surface area (Å²) in [5.74, 6) is 0.202. The zero-order chi connectivity index (χ0) is 21.8. The van der Waals surface area contributed by atoms with Gasteiger partial charge >= 0.3 is 0 Å². The van der Waals surface area contributed by atoms with Gasteiger partial charge in [0.05, 0.1) is 17.4 Å². The second-order valence-electron chi connectivity index (χ2n) is 7.04. The molecule has 1 atom stereocenters. The van der Waals surface area contributed by atoms with Crippen LogP contribution in [0.2, 0.25) is 0 Å². The minimum Gasteiger partial charge on any atom is -0.325 e. The van der Waals surface area contributed by atoms with Gasteiger partial charge in [0.15, 0.2) is 10.3 Å². The van der Waals surface area contributed by atoms with E-state index in [0.29, 0.717) is 16.1 Å². The van der Waals surface area contributed by atoms with E-state index < -0.39 is 5.25 Å². The predicted molar refractivity (Wildman–Crippen MR) is 120 cm³/mol. The highest BCUT2D eigenvalue weighted by molar-refractivity contribution is 8.00. The van der Waals surface area contributed by atoms with Crippen molar-refractivity contribution in [2.75, 3.05) is 10.6 Å². The quantitative estimate of drug-likeness (QED) is 0.541. The molecule has 3 aromatic rings. The van der Waals surface area contributed by atoms with Crippen LogP contribution in [0, 0.1) is 20.8 Å². The topological polar surface area (TPSA) is 102 Å². The van der Waals surface area contributed by atoms with Crippen molar-refractivity contribution in [3.8, 4) is 0 Å². The van der Waals surface area contributed by atoms with Crippen molar-refractivity contribution in [3.05, 3.63) is 46.2 Å². The molecule has 0 saturated carbocycles. The van der Waals surface area contributed by atoms with Crippen LogP contribution in [0.25, 0.3) is 0 Å². The third-order valence-corrected chi connectivity index (χ3v) is 6.41. The van der Waals surface area contributed by atoms with Crippen molar-refractivity contribution in [1.82, 2.24) is 19.7 Å². The van der Waals surface area contributed by atoms with E-state index in [9.17, 15) is 9.59 Å². The van der Waals surface area contributed by atoms with Crippen LogP contribution >= 0.6 is 23.1 Å². The van der Waals surface area contributed by atoms with Crippen molar-refractivity contribution in [3.63, 3.8) is 0 Å². The number of rotatable bonds is 7. The van der Waals surface area contributed by atoms with Crippen LogP contribution in [-0.4, -0.2) is 36.8 Å². The Kier molecular flexibility index (Phi) is 6.88. The molecule has 1 aromatic carbocycles. The fraction of sp³-hybridized carbons (Fsp3) is 0.350. The Bertz CT molecular complexity index is 1080. The molecule has 2 amide bonds. The number of carbonyl (C=O) groups is 2. The Morgan fingerprint density at radius 2 is 1.97 bits per heavy atom. The fourth-order valence-corrected chi connectivity index (χ4v) is 4.25. The Morgan fingerprint density at radius 3 is 2.63 bits per heavy atom. The van der Waals surface area contributed by atoms with E-state index in [0.717, 1.165) is 22.5 Å². The molecular weight excluding hydrogens is 420 g/mol. The second-order valence-corrected chi connectivity index (χ2v) is 9.21. The lowest BCUT2D eigenvalue weighted by Gasteiger charge is -2.11. The molecule has 0 aliphatic carbocycles. The van der Waals surface area contributed by atoms with Crippen LogP contribution < -0.4 is 10.6 Å². The summed E-state index contributed by atoms with van der Waals surface area (Å²) in [6.07, 6.45) is 0.0936. The van der Waals surface area contributed by atoms with E-state index in [1.165, 1.54) is 23.1 Å². The van der Waals surface area contributed by atoms with Gasteiger partial charge in [-0.25, -0.2) is 4.98 Å². The number of carbonyl (C=O) groups excluding carboxylic acids is 2. The summed E-state index contributed by atoms with van der Waals surface area (Å²) in [7, 11) is 1.79. The number of amides is 2. The molecule has 0 unspecified atom stereocenters. The van der Waals surface area contributed by atoms with Gasteiger partial charge in [0, 0.05) is 18.1 Å². The number of hydrogen-bond acceptors (Lipinski definition) is 7. The molecular formula is C20H24N6O2S2. The third kappa shape index (κ3) is 5.45. The van der Waals surface area contributed by atoms with E-state index in [2.05, 4.69) is 25.8 Å². The highest BCUT2D eigenvalue weighted by Gasteiger charge is 2.20. The van der Waals surface area contributed by atoms with Crippen LogP contribution in [0.15, 0.2) is 28.7 Å². The number of hydrogen-bond donors (Lipinski definition) is 2. The smallest absolute Gasteiger partial charge is 0.239 e. The van der Waals surface area contributed by atoms with E-state index in [4.69, 9.17) is 0 Å². The molecule has 0 spiro atoms. The Balaban J connectivity index is 1.59. The predicted octanol–water partition coefficient (Wildman–Crippen LogP) is 3.50. The van der Waals surface area contributed by atoms with Gasteiger partial charge in [0.25, 0.3) is 0 Å². The molecule has 0 radical (unpaired) electrons. The van der Waals surface area contributed by atoms with Crippen molar-refractivity contribution in [1.29, 1.82) is 0 Å². The normalized spacial score (nSPS) is 11.9. The number of aryl methyl sites for hydroxylation is 3. The number of aromatic nitrogens is 4. The number of thiazole rings is 1. The van der Waals surface area contributed by atoms with Crippen LogP contribution in [0.1, 0.15) is 29.6 Å². The number of nitrogens with one attached hydrogen (secondary N) is 2. The van der Waals surface area contributed by atoms with E-state index in [1.54, 1.807) is 18.5 Å². The highest BCUT2D eigenvalue weighted by Crippen LogP contribution is 2.24. The lowest BCUT2D eigenvalue weighted by molar-refractivity contribution is -0.116. The second kappa shape index (κ2) is 9.40. The van der Waals surface area contributed by atoms with Gasteiger partial charge in [0.1, 0.15) is 5.82 Å². The van der Waals surface area contributed by atoms with Crippen molar-refractivity contribution in [2.24, 2.45) is 7.05 Å². The van der Waals surface area contributed by atoms with Gasteiger partial charge in [-0.15, -0.1) is 21.5 Å². The summed E-state index contributed by atoms with van der Waals surface area (Å²) in [4.78, 5) is 29.1. The lowest BCUT2D eigenvalue weighted by atomic mass is 10.1. The maximum Gasteiger partial charge on any atom is 0.239 e. The molecule has 30 heavy (non-hydrogen) atoms. The van der Waals surface area contributed by atoms with E-state index in [1.807, 2.05) is 44.4 Å². The monoisotopic (exact) mass is 444 g/mol. The molecule has 2 aromatic heterocycles. The fourth-order valence-electron chi connectivity index (χ4n) is 2.72. The summed E-state index contributed by atoms with van der Waals surface area (Å²) in [5, 5.41) is 16.6. The zero-order valence-corrected chi connectivity index (χ0v) is 19.1. The lowest BCUT2D eigenvalue weighted by Crippen LogP contribution is -2.23. The van der Waals surface area contributed by atoms with Gasteiger partial charge in [0.2, 0.25) is 11.8 Å². The molecule has 0 aliphatic rings. The molecule has 2 N–H and O–H groups in total. The molecule has 158 valence electrons. The molecule has 2 heterocycles. The van der Waals surface area contributed by atoms with Crippen LogP contribution in [0.5, 0.6) is 0 Å². The standard InChI is InChI=1S/C20H24N6O2S2/c1-11-6-7-15(12(2)8-11)22-17(27)9-16-24-25-20(26(16)5)30-14(4)18(28)23-19-21-13(3)10-29-19/h6-8,10,14H,9H2,1-5H3,(H,22,27)(H,21,23,28)/t14-/m0/s1. The first-order valence-electron chi connectivity index (χ1n) is 9.38. The molecule has 10 heteroatoms. The number of thioether (sulfide) groups is 1. The van der Waals surface area contributed by atoms with Gasteiger partial charge in [-0.3, -0.25) is 9.59 Å². The summed E-state index contributed by atoms with van der Waals surface area (Å²) >= 11 is 2.67. The van der Waals surface area contributed by atoms with Crippen LogP contribution in [-0.2, 0) is 23.1 Å². The molecule has 0 saturated heterocycles. The minimum atomic E-state index is -0.394. The molecule has 8 nitrogen and oxygen atoms in total. The third-order valence-electron chi connectivity index (χ3n) is 4.40. The first-order chi connectivity index (χ1) is 14.2. The summed E-state index contributed by atoms with van der Waals surface area (Å²) < 4.78 is 1.74. The largest absolute Gasteiger partial charge is 0.325 e. The van der Waals surface area contributed by atoms with Gasteiger partial charge in [-0.1, -0.05) is 29.5 Å². The van der Waals surface area contributed by atoms with E-state index in [-0.39, 0.29) is 18.2 Å². The zero-order valence-electron chi connectivity index (χ0n) is 17.5. The maximum atomic E-state index is 12.4. The maximum absolute atomic E-state index is 12.4. The first-order valence-corrected chi connectivity index (χ1v) is 11.1. The number of nitrogens with zero attached hydrogens (tertiary/aromatic N) is 4. The van der Waals surface area contributed by atoms with Gasteiger partial charge in [-0.2, -0.15) is 0 Å². The Hall–Kier alpha value is -2.72. The van der Waals surface area contributed by atoms with Crippen molar-refractivity contribution < 1.29 is 9.59 Å². The van der Waals surface area contributed by atoms with Crippen LogP contribution in [0.3, 0.4) is 0 Å². The molecule has 3 rings (SSSR count). The molecule has 0 fully saturated rings. The average Bonchev–Trinajstić information content (AvgIpc) is 3.24. The summed E-state index contributed by atoms with van der Waals surface area (Å²) in [6, 6.07) is 5.87. The molecule has 0 bridgehead atoms. The average molecular weight is 445 g/mol. The van der Waals surface area contributed by atoms with E-state index >= 15 is 0 Å². The first kappa shape index (κ1) is 22.0. The minimum absolute atomic E-state index is 0.0936.